The highest BCUT2D eigenvalue weighted by Gasteiger charge is 2.29. The number of rotatable bonds is 6. The molecule has 1 aromatic carbocycles. The maximum atomic E-state index is 5.64. The second-order valence-corrected chi connectivity index (χ2v) is 6.27. The monoisotopic (exact) mass is 272 g/mol. The molecule has 1 saturated carbocycles. The molecule has 0 amide bonds. The fourth-order valence-electron chi connectivity index (χ4n) is 2.37. The Morgan fingerprint density at radius 3 is 2.37 bits per heavy atom. The fraction of sp³-hybridized carbons (Fsp3) is 0.375. The van der Waals surface area contributed by atoms with Crippen molar-refractivity contribution in [3.05, 3.63) is 57.8 Å². The van der Waals surface area contributed by atoms with Crippen molar-refractivity contribution in [3.8, 4) is 0 Å². The van der Waals surface area contributed by atoms with E-state index < -0.39 is 0 Å². The summed E-state index contributed by atoms with van der Waals surface area (Å²) in [6.07, 6.45) is 2.71. The molecule has 0 atom stereocenters. The van der Waals surface area contributed by atoms with Crippen molar-refractivity contribution < 1.29 is 0 Å². The predicted molar refractivity (Wildman–Crippen MR) is 80.9 cm³/mol. The minimum atomic E-state index is 0.627. The minimum absolute atomic E-state index is 0.627. The van der Waals surface area contributed by atoms with Crippen molar-refractivity contribution in [2.75, 3.05) is 0 Å². The molecule has 2 N–H and O–H groups in total. The lowest BCUT2D eigenvalue weighted by atomic mass is 10.1. The molecular weight excluding hydrogens is 252 g/mol. The Kier molecular flexibility index (Phi) is 3.97. The molecule has 1 aliphatic carbocycles. The van der Waals surface area contributed by atoms with Crippen molar-refractivity contribution >= 4 is 11.3 Å². The predicted octanol–water partition coefficient (Wildman–Crippen LogP) is 3.37. The molecule has 0 aliphatic heterocycles. The largest absolute Gasteiger partial charge is 0.326 e. The first-order valence-corrected chi connectivity index (χ1v) is 7.77. The number of hydrogen-bond acceptors (Lipinski definition) is 3. The van der Waals surface area contributed by atoms with Crippen LogP contribution < -0.4 is 5.73 Å². The SMILES string of the molecule is NCc1ccc(CN(Cc2cccs2)C2CC2)cc1. The standard InChI is InChI=1S/C16H20N2S/c17-10-13-3-5-14(6-4-13)11-18(15-7-8-15)12-16-2-1-9-19-16/h1-6,9,15H,7-8,10-12,17H2. The van der Waals surface area contributed by atoms with Gasteiger partial charge in [-0.3, -0.25) is 4.90 Å². The van der Waals surface area contributed by atoms with Crippen LogP contribution in [0.15, 0.2) is 41.8 Å². The van der Waals surface area contributed by atoms with Crippen LogP contribution in [-0.2, 0) is 19.6 Å². The average molecular weight is 272 g/mol. The third-order valence-electron chi connectivity index (χ3n) is 3.65. The average Bonchev–Trinajstić information content (AvgIpc) is 3.17. The molecule has 0 spiro atoms. The Balaban J connectivity index is 1.66. The van der Waals surface area contributed by atoms with Gasteiger partial charge in [-0.2, -0.15) is 0 Å². The maximum Gasteiger partial charge on any atom is 0.0334 e. The van der Waals surface area contributed by atoms with Crippen LogP contribution in [0, 0.1) is 0 Å². The summed E-state index contributed by atoms with van der Waals surface area (Å²) in [6, 6.07) is 13.9. The normalized spacial score (nSPS) is 15.1. The molecule has 3 heteroatoms. The van der Waals surface area contributed by atoms with Gasteiger partial charge in [0.2, 0.25) is 0 Å². The van der Waals surface area contributed by atoms with Gasteiger partial charge in [0.1, 0.15) is 0 Å². The van der Waals surface area contributed by atoms with Crippen LogP contribution >= 0.6 is 11.3 Å². The van der Waals surface area contributed by atoms with Gasteiger partial charge >= 0.3 is 0 Å². The molecule has 0 unspecified atom stereocenters. The van der Waals surface area contributed by atoms with E-state index in [9.17, 15) is 0 Å². The van der Waals surface area contributed by atoms with Crippen molar-refractivity contribution in [1.29, 1.82) is 0 Å². The van der Waals surface area contributed by atoms with Gasteiger partial charge < -0.3 is 5.73 Å². The second kappa shape index (κ2) is 5.87. The fourth-order valence-corrected chi connectivity index (χ4v) is 3.10. The number of benzene rings is 1. The van der Waals surface area contributed by atoms with Crippen LogP contribution in [0.4, 0.5) is 0 Å². The highest BCUT2D eigenvalue weighted by molar-refractivity contribution is 7.09. The first-order chi connectivity index (χ1) is 9.35. The summed E-state index contributed by atoms with van der Waals surface area (Å²) < 4.78 is 0. The summed E-state index contributed by atoms with van der Waals surface area (Å²) in [7, 11) is 0. The quantitative estimate of drug-likeness (QED) is 0.873. The zero-order valence-electron chi connectivity index (χ0n) is 11.1. The van der Waals surface area contributed by atoms with E-state index in [0.29, 0.717) is 6.54 Å². The summed E-state index contributed by atoms with van der Waals surface area (Å²) in [5.74, 6) is 0. The third kappa shape index (κ3) is 3.44. The third-order valence-corrected chi connectivity index (χ3v) is 4.51. The van der Waals surface area contributed by atoms with Crippen molar-refractivity contribution in [2.24, 2.45) is 5.73 Å². The van der Waals surface area contributed by atoms with Gasteiger partial charge in [-0.25, -0.2) is 0 Å². The van der Waals surface area contributed by atoms with Gasteiger partial charge in [-0.05, 0) is 35.4 Å². The molecule has 1 fully saturated rings. The molecule has 2 aromatic rings. The van der Waals surface area contributed by atoms with Crippen LogP contribution in [0.5, 0.6) is 0 Å². The van der Waals surface area contributed by atoms with E-state index in [0.717, 1.165) is 19.1 Å². The summed E-state index contributed by atoms with van der Waals surface area (Å²) >= 11 is 1.85. The van der Waals surface area contributed by atoms with E-state index in [1.54, 1.807) is 0 Å². The van der Waals surface area contributed by atoms with E-state index in [4.69, 9.17) is 5.73 Å². The Morgan fingerprint density at radius 1 is 1.05 bits per heavy atom. The van der Waals surface area contributed by atoms with Crippen LogP contribution in [0.1, 0.15) is 28.8 Å². The van der Waals surface area contributed by atoms with Gasteiger partial charge in [0.05, 0.1) is 0 Å². The lowest BCUT2D eigenvalue weighted by molar-refractivity contribution is 0.248. The zero-order chi connectivity index (χ0) is 13.1. The van der Waals surface area contributed by atoms with Crippen molar-refractivity contribution in [1.82, 2.24) is 4.90 Å². The Labute approximate surface area is 118 Å². The zero-order valence-corrected chi connectivity index (χ0v) is 11.9. The number of hydrogen-bond donors (Lipinski definition) is 1. The molecule has 0 bridgehead atoms. The van der Waals surface area contributed by atoms with E-state index in [1.165, 1.54) is 28.8 Å². The molecule has 1 aliphatic rings. The summed E-state index contributed by atoms with van der Waals surface area (Å²) in [6.45, 7) is 2.76. The Hall–Kier alpha value is -1.16. The maximum absolute atomic E-state index is 5.64. The molecule has 0 saturated heterocycles. The van der Waals surface area contributed by atoms with Crippen LogP contribution in [0.25, 0.3) is 0 Å². The topological polar surface area (TPSA) is 29.3 Å². The van der Waals surface area contributed by atoms with Gasteiger partial charge in [-0.1, -0.05) is 30.3 Å². The van der Waals surface area contributed by atoms with Crippen molar-refractivity contribution in [3.63, 3.8) is 0 Å². The van der Waals surface area contributed by atoms with Gasteiger partial charge in [0, 0.05) is 30.6 Å². The second-order valence-electron chi connectivity index (χ2n) is 5.24. The van der Waals surface area contributed by atoms with E-state index in [-0.39, 0.29) is 0 Å². The molecule has 2 nitrogen and oxygen atoms in total. The van der Waals surface area contributed by atoms with Gasteiger partial charge in [0.15, 0.2) is 0 Å². The van der Waals surface area contributed by atoms with E-state index in [1.807, 2.05) is 11.3 Å². The number of nitrogens with two attached hydrogens (primary N) is 1. The molecular formula is C16H20N2S. The first-order valence-electron chi connectivity index (χ1n) is 6.89. The molecule has 1 aromatic heterocycles. The Morgan fingerprint density at radius 2 is 1.79 bits per heavy atom. The van der Waals surface area contributed by atoms with Crippen LogP contribution in [-0.4, -0.2) is 10.9 Å². The van der Waals surface area contributed by atoms with Gasteiger partial charge in [0.25, 0.3) is 0 Å². The van der Waals surface area contributed by atoms with Gasteiger partial charge in [-0.15, -0.1) is 11.3 Å². The van der Waals surface area contributed by atoms with E-state index in [2.05, 4.69) is 46.7 Å². The highest BCUT2D eigenvalue weighted by Crippen LogP contribution is 2.30. The highest BCUT2D eigenvalue weighted by atomic mass is 32.1. The smallest absolute Gasteiger partial charge is 0.0334 e. The minimum Gasteiger partial charge on any atom is -0.326 e. The lowest BCUT2D eigenvalue weighted by Crippen LogP contribution is -2.24. The Bertz CT molecular complexity index is 500. The molecule has 1 heterocycles. The lowest BCUT2D eigenvalue weighted by Gasteiger charge is -2.21. The summed E-state index contributed by atoms with van der Waals surface area (Å²) in [5, 5.41) is 2.16. The van der Waals surface area contributed by atoms with Crippen LogP contribution in [0.2, 0.25) is 0 Å². The van der Waals surface area contributed by atoms with E-state index >= 15 is 0 Å². The molecule has 0 radical (unpaired) electrons. The van der Waals surface area contributed by atoms with Crippen molar-refractivity contribution in [2.45, 2.75) is 38.5 Å². The molecule has 100 valence electrons. The molecule has 3 rings (SSSR count). The van der Waals surface area contributed by atoms with Crippen LogP contribution in [0.3, 0.4) is 0 Å². The summed E-state index contributed by atoms with van der Waals surface area (Å²) in [4.78, 5) is 4.06. The number of nitrogens with zero attached hydrogens (tertiary/aromatic N) is 1. The summed E-state index contributed by atoms with van der Waals surface area (Å²) in [5.41, 5.74) is 8.24. The molecule has 19 heavy (non-hydrogen) atoms. The first kappa shape index (κ1) is 12.9. The number of thiophene rings is 1.